The van der Waals surface area contributed by atoms with E-state index in [1.54, 1.807) is 13.1 Å². The van der Waals surface area contributed by atoms with Crippen LogP contribution in [0.15, 0.2) is 23.1 Å². The fraction of sp³-hybridized carbons (Fsp3) is 0.600. The van der Waals surface area contributed by atoms with Crippen LogP contribution < -0.4 is 5.73 Å². The molecule has 21 heavy (non-hydrogen) atoms. The Hall–Kier alpha value is -0.980. The Labute approximate surface area is 126 Å². The highest BCUT2D eigenvalue weighted by Gasteiger charge is 2.30. The average molecular weight is 314 g/mol. The van der Waals surface area contributed by atoms with E-state index in [2.05, 4.69) is 0 Å². The minimum absolute atomic E-state index is 0.0360. The molecule has 1 aromatic carbocycles. The lowest BCUT2D eigenvalue weighted by atomic mass is 10.1. The van der Waals surface area contributed by atoms with E-state index >= 15 is 0 Å². The SMILES string of the molecule is CN(C1CCCCCC1)S(=O)(=O)c1ccc(CN)cc1F. The zero-order valence-electron chi connectivity index (χ0n) is 12.4. The molecule has 0 aromatic heterocycles. The monoisotopic (exact) mass is 314 g/mol. The van der Waals surface area contributed by atoms with Gasteiger partial charge in [-0.3, -0.25) is 0 Å². The molecule has 0 aliphatic heterocycles. The summed E-state index contributed by atoms with van der Waals surface area (Å²) in [6.45, 7) is 0.190. The lowest BCUT2D eigenvalue weighted by Gasteiger charge is -2.26. The highest BCUT2D eigenvalue weighted by atomic mass is 32.2. The van der Waals surface area contributed by atoms with Crippen molar-refractivity contribution in [1.29, 1.82) is 0 Å². The van der Waals surface area contributed by atoms with Crippen LogP contribution in [0.1, 0.15) is 44.1 Å². The lowest BCUT2D eigenvalue weighted by molar-refractivity contribution is 0.334. The van der Waals surface area contributed by atoms with E-state index in [0.29, 0.717) is 5.56 Å². The Morgan fingerprint density at radius 2 is 1.86 bits per heavy atom. The molecule has 0 amide bonds. The standard InChI is InChI=1S/C15H23FN2O2S/c1-18(13-6-4-2-3-5-7-13)21(19,20)15-9-8-12(11-17)10-14(15)16/h8-10,13H,2-7,11,17H2,1H3. The Morgan fingerprint density at radius 1 is 1.24 bits per heavy atom. The minimum Gasteiger partial charge on any atom is -0.326 e. The third-order valence-electron chi connectivity index (χ3n) is 4.23. The summed E-state index contributed by atoms with van der Waals surface area (Å²) in [5.41, 5.74) is 6.03. The van der Waals surface area contributed by atoms with Gasteiger partial charge in [0.15, 0.2) is 0 Å². The van der Waals surface area contributed by atoms with Crippen LogP contribution in [0.3, 0.4) is 0 Å². The van der Waals surface area contributed by atoms with Crippen LogP contribution in [0.4, 0.5) is 4.39 Å². The molecule has 6 heteroatoms. The van der Waals surface area contributed by atoms with Crippen molar-refractivity contribution in [3.63, 3.8) is 0 Å². The van der Waals surface area contributed by atoms with E-state index in [1.807, 2.05) is 0 Å². The quantitative estimate of drug-likeness (QED) is 0.869. The van der Waals surface area contributed by atoms with E-state index in [4.69, 9.17) is 5.73 Å². The molecular formula is C15H23FN2O2S. The number of halogens is 1. The molecular weight excluding hydrogens is 291 g/mol. The van der Waals surface area contributed by atoms with Crippen molar-refractivity contribution >= 4 is 10.0 Å². The fourth-order valence-electron chi connectivity index (χ4n) is 2.85. The Balaban J connectivity index is 2.27. The maximum Gasteiger partial charge on any atom is 0.245 e. The summed E-state index contributed by atoms with van der Waals surface area (Å²) in [5.74, 6) is -0.724. The van der Waals surface area contributed by atoms with Gasteiger partial charge in [-0.15, -0.1) is 0 Å². The number of nitrogens with two attached hydrogens (primary N) is 1. The first-order valence-corrected chi connectivity index (χ1v) is 8.87. The number of benzene rings is 1. The molecule has 1 fully saturated rings. The molecule has 0 unspecified atom stereocenters. The van der Waals surface area contributed by atoms with Crippen molar-refractivity contribution in [3.8, 4) is 0 Å². The van der Waals surface area contributed by atoms with Gasteiger partial charge in [-0.1, -0.05) is 31.7 Å². The molecule has 1 aromatic rings. The predicted molar refractivity (Wildman–Crippen MR) is 80.7 cm³/mol. The van der Waals surface area contributed by atoms with E-state index in [9.17, 15) is 12.8 Å². The molecule has 2 N–H and O–H groups in total. The first-order chi connectivity index (χ1) is 9.96. The maximum atomic E-state index is 14.1. The van der Waals surface area contributed by atoms with Gasteiger partial charge in [0.2, 0.25) is 10.0 Å². The van der Waals surface area contributed by atoms with Gasteiger partial charge < -0.3 is 5.73 Å². The minimum atomic E-state index is -3.79. The van der Waals surface area contributed by atoms with Crippen LogP contribution >= 0.6 is 0 Å². The zero-order valence-corrected chi connectivity index (χ0v) is 13.2. The molecule has 0 spiro atoms. The zero-order chi connectivity index (χ0) is 15.5. The number of rotatable bonds is 4. The molecule has 1 aliphatic rings. The van der Waals surface area contributed by atoms with Crippen LogP contribution in [0.25, 0.3) is 0 Å². The molecule has 0 bridgehead atoms. The van der Waals surface area contributed by atoms with E-state index < -0.39 is 15.8 Å². The number of hydrogen-bond donors (Lipinski definition) is 1. The van der Waals surface area contributed by atoms with Gasteiger partial charge in [0, 0.05) is 19.6 Å². The number of nitrogens with zero attached hydrogens (tertiary/aromatic N) is 1. The topological polar surface area (TPSA) is 63.4 Å². The largest absolute Gasteiger partial charge is 0.326 e. The van der Waals surface area contributed by atoms with Crippen LogP contribution in [0.5, 0.6) is 0 Å². The van der Waals surface area contributed by atoms with E-state index in [-0.39, 0.29) is 17.5 Å². The normalized spacial score (nSPS) is 17.9. The summed E-state index contributed by atoms with van der Waals surface area (Å²) in [5, 5.41) is 0. The van der Waals surface area contributed by atoms with Gasteiger partial charge in [-0.25, -0.2) is 12.8 Å². The van der Waals surface area contributed by atoms with Gasteiger partial charge >= 0.3 is 0 Å². The van der Waals surface area contributed by atoms with Gasteiger partial charge in [-0.2, -0.15) is 4.31 Å². The Kier molecular flexibility index (Phi) is 5.35. The smallest absolute Gasteiger partial charge is 0.245 e. The highest BCUT2D eigenvalue weighted by Crippen LogP contribution is 2.27. The van der Waals surface area contributed by atoms with Crippen molar-refractivity contribution < 1.29 is 12.8 Å². The average Bonchev–Trinajstić information content (AvgIpc) is 2.74. The van der Waals surface area contributed by atoms with E-state index in [0.717, 1.165) is 38.5 Å². The van der Waals surface area contributed by atoms with Gasteiger partial charge in [0.05, 0.1) is 0 Å². The van der Waals surface area contributed by atoms with Crippen LogP contribution in [-0.4, -0.2) is 25.8 Å². The predicted octanol–water partition coefficient (Wildman–Crippen LogP) is 2.63. The van der Waals surface area contributed by atoms with Crippen molar-refractivity contribution in [2.45, 2.75) is 56.0 Å². The molecule has 0 saturated heterocycles. The molecule has 1 aliphatic carbocycles. The summed E-state index contributed by atoms with van der Waals surface area (Å²) in [6, 6.07) is 4.05. The number of hydrogen-bond acceptors (Lipinski definition) is 3. The van der Waals surface area contributed by atoms with Crippen molar-refractivity contribution in [2.75, 3.05) is 7.05 Å². The number of sulfonamides is 1. The molecule has 2 rings (SSSR count). The summed E-state index contributed by atoms with van der Waals surface area (Å²) >= 11 is 0. The van der Waals surface area contributed by atoms with Gasteiger partial charge in [0.1, 0.15) is 10.7 Å². The summed E-state index contributed by atoms with van der Waals surface area (Å²) in [6.07, 6.45) is 6.03. The molecule has 0 radical (unpaired) electrons. The van der Waals surface area contributed by atoms with Crippen LogP contribution in [0.2, 0.25) is 0 Å². The Bertz CT molecular complexity index is 581. The third-order valence-corrected chi connectivity index (χ3v) is 6.17. The Morgan fingerprint density at radius 3 is 2.38 bits per heavy atom. The lowest BCUT2D eigenvalue weighted by Crippen LogP contribution is -2.37. The van der Waals surface area contributed by atoms with Crippen molar-refractivity contribution in [3.05, 3.63) is 29.6 Å². The third kappa shape index (κ3) is 3.62. The summed E-state index contributed by atoms with van der Waals surface area (Å²) in [7, 11) is -2.24. The molecule has 4 nitrogen and oxygen atoms in total. The van der Waals surface area contributed by atoms with Crippen molar-refractivity contribution in [2.24, 2.45) is 5.73 Å². The maximum absolute atomic E-state index is 14.1. The van der Waals surface area contributed by atoms with Gasteiger partial charge in [0.25, 0.3) is 0 Å². The summed E-state index contributed by atoms with van der Waals surface area (Å²) in [4.78, 5) is -0.258. The van der Waals surface area contributed by atoms with Gasteiger partial charge in [-0.05, 0) is 30.5 Å². The molecule has 118 valence electrons. The summed E-state index contributed by atoms with van der Waals surface area (Å²) < 4.78 is 40.7. The highest BCUT2D eigenvalue weighted by molar-refractivity contribution is 7.89. The first-order valence-electron chi connectivity index (χ1n) is 7.43. The first kappa shape index (κ1) is 16.4. The molecule has 0 atom stereocenters. The van der Waals surface area contributed by atoms with Crippen LogP contribution in [0, 0.1) is 5.82 Å². The van der Waals surface area contributed by atoms with Crippen molar-refractivity contribution in [1.82, 2.24) is 4.31 Å². The molecule has 1 saturated carbocycles. The second-order valence-corrected chi connectivity index (χ2v) is 7.60. The van der Waals surface area contributed by atoms with E-state index in [1.165, 1.54) is 16.4 Å². The second-order valence-electron chi connectivity index (χ2n) is 5.64. The second kappa shape index (κ2) is 6.85. The fourth-order valence-corrected chi connectivity index (χ4v) is 4.31. The van der Waals surface area contributed by atoms with Crippen LogP contribution in [-0.2, 0) is 16.6 Å². The molecule has 0 heterocycles.